The maximum absolute atomic E-state index is 11.6. The number of carbonyl (C=O) groups is 2. The number of hydrogen-bond donors (Lipinski definition) is 1. The molecule has 2 heterocycles. The van der Waals surface area contributed by atoms with Gasteiger partial charge in [-0.1, -0.05) is 0 Å². The van der Waals surface area contributed by atoms with Gasteiger partial charge in [0, 0.05) is 0 Å². The van der Waals surface area contributed by atoms with E-state index in [1.54, 1.807) is 0 Å². The molecule has 76 valence electrons. The molecule has 0 aliphatic carbocycles. The molecule has 0 saturated carbocycles. The monoisotopic (exact) mass is 224 g/mol. The van der Waals surface area contributed by atoms with Gasteiger partial charge in [-0.05, 0) is 12.2 Å². The average molecular weight is 224 g/mol. The average Bonchev–Trinajstić information content (AvgIpc) is 2.61. The maximum Gasteiger partial charge on any atom is 0.289 e. The predicted octanol–water partition coefficient (Wildman–Crippen LogP) is -0.668. The summed E-state index contributed by atoms with van der Waals surface area (Å²) < 4.78 is 1.70. The van der Waals surface area contributed by atoms with Crippen molar-refractivity contribution >= 4 is 36.2 Å². The van der Waals surface area contributed by atoms with Crippen molar-refractivity contribution in [2.45, 2.75) is 0 Å². The summed E-state index contributed by atoms with van der Waals surface area (Å²) in [5.74, 6) is 0. The molecule has 0 unspecified atom stereocenters. The minimum atomic E-state index is -0.649. The third kappa shape index (κ3) is 1.22. The van der Waals surface area contributed by atoms with Crippen LogP contribution >= 0.6 is 12.2 Å². The summed E-state index contributed by atoms with van der Waals surface area (Å²) in [5, 5.41) is 0. The molecule has 0 aliphatic rings. The van der Waals surface area contributed by atoms with Crippen LogP contribution in [0.15, 0.2) is 11.1 Å². The molecule has 0 saturated heterocycles. The molecule has 2 aromatic heterocycles. The first-order valence-electron chi connectivity index (χ1n) is 3.81. The molecule has 0 amide bonds. The highest BCUT2D eigenvalue weighted by atomic mass is 32.1. The van der Waals surface area contributed by atoms with Crippen LogP contribution in [0.2, 0.25) is 0 Å². The first-order chi connectivity index (χ1) is 7.19. The number of fused-ring (bicyclic) bond motifs is 1. The zero-order valence-electron chi connectivity index (χ0n) is 7.21. The second-order valence-electron chi connectivity index (χ2n) is 2.67. The molecule has 0 aliphatic heterocycles. The number of hydrogen-bond acceptors (Lipinski definition) is 5. The Morgan fingerprint density at radius 1 is 1.40 bits per heavy atom. The van der Waals surface area contributed by atoms with E-state index in [9.17, 15) is 14.4 Å². The van der Waals surface area contributed by atoms with Crippen LogP contribution in [0.4, 0.5) is 0 Å². The second-order valence-corrected chi connectivity index (χ2v) is 3.05. The number of aromatic nitrogens is 4. The normalized spacial score (nSPS) is 10.4. The number of H-pyrrole nitrogens is 1. The van der Waals surface area contributed by atoms with Crippen LogP contribution in [-0.2, 0) is 9.59 Å². The van der Waals surface area contributed by atoms with E-state index in [1.807, 2.05) is 0 Å². The van der Waals surface area contributed by atoms with Gasteiger partial charge < -0.3 is 4.98 Å². The zero-order chi connectivity index (χ0) is 11.0. The summed E-state index contributed by atoms with van der Waals surface area (Å²) in [4.78, 5) is 38.9. The van der Waals surface area contributed by atoms with Crippen LogP contribution in [0.3, 0.4) is 0 Å². The van der Waals surface area contributed by atoms with E-state index in [4.69, 9.17) is 12.2 Å². The van der Waals surface area contributed by atoms with E-state index in [-0.39, 0.29) is 15.9 Å². The van der Waals surface area contributed by atoms with Crippen LogP contribution in [-0.4, -0.2) is 31.9 Å². The van der Waals surface area contributed by atoms with Crippen molar-refractivity contribution < 1.29 is 9.59 Å². The third-order valence-electron chi connectivity index (χ3n) is 1.88. The number of nitrogens with one attached hydrogen (secondary N) is 1. The fourth-order valence-electron chi connectivity index (χ4n) is 1.18. The van der Waals surface area contributed by atoms with Crippen molar-refractivity contribution in [2.24, 2.45) is 0 Å². The Balaban J connectivity index is 3.06. The quantitative estimate of drug-likeness (QED) is 0.540. The van der Waals surface area contributed by atoms with Crippen LogP contribution in [0.1, 0.15) is 0 Å². The lowest BCUT2D eigenvalue weighted by molar-refractivity contribution is 0.544. The summed E-state index contributed by atoms with van der Waals surface area (Å²) in [6.45, 7) is 0. The van der Waals surface area contributed by atoms with E-state index in [2.05, 4.69) is 9.97 Å². The van der Waals surface area contributed by atoms with Gasteiger partial charge in [0.15, 0.2) is 15.9 Å². The maximum atomic E-state index is 11.6. The van der Waals surface area contributed by atoms with Crippen LogP contribution < -0.4 is 5.56 Å². The fraction of sp³-hybridized carbons (Fsp3) is 0. The van der Waals surface area contributed by atoms with Crippen molar-refractivity contribution in [3.05, 3.63) is 21.5 Å². The Kier molecular flexibility index (Phi) is 2.05. The number of rotatable bonds is 2. The predicted molar refractivity (Wildman–Crippen MR) is 53.5 cm³/mol. The van der Waals surface area contributed by atoms with Crippen LogP contribution in [0.5, 0.6) is 0 Å². The topological polar surface area (TPSA) is 89.8 Å². The highest BCUT2D eigenvalue weighted by Gasteiger charge is 2.09. The third-order valence-corrected chi connectivity index (χ3v) is 2.18. The van der Waals surface area contributed by atoms with E-state index in [0.717, 1.165) is 4.57 Å². The van der Waals surface area contributed by atoms with E-state index in [0.29, 0.717) is 17.4 Å². The second kappa shape index (κ2) is 3.24. The molecular formula is C7H4N4O3S. The summed E-state index contributed by atoms with van der Waals surface area (Å²) in [6.07, 6.45) is 1.94. The molecule has 0 fully saturated rings. The minimum absolute atomic E-state index is 0.0113. The smallest absolute Gasteiger partial charge is 0.289 e. The van der Waals surface area contributed by atoms with Gasteiger partial charge in [0.2, 0.25) is 12.8 Å². The van der Waals surface area contributed by atoms with E-state index >= 15 is 0 Å². The van der Waals surface area contributed by atoms with Gasteiger partial charge in [-0.2, -0.15) is 0 Å². The van der Waals surface area contributed by atoms with Gasteiger partial charge in [-0.25, -0.2) is 9.55 Å². The van der Waals surface area contributed by atoms with Crippen LogP contribution in [0.25, 0.3) is 11.2 Å². The Morgan fingerprint density at radius 3 is 2.73 bits per heavy atom. The molecule has 7 nitrogen and oxygen atoms in total. The summed E-state index contributed by atoms with van der Waals surface area (Å²) in [7, 11) is 0. The Labute approximate surface area is 87.0 Å². The molecule has 0 spiro atoms. The minimum Gasteiger partial charge on any atom is -0.316 e. The van der Waals surface area contributed by atoms with Gasteiger partial charge in [0.25, 0.3) is 5.56 Å². The summed E-state index contributed by atoms with van der Waals surface area (Å²) in [6, 6.07) is 0. The number of nitrogens with zero attached hydrogens (tertiary/aromatic N) is 3. The lowest BCUT2D eigenvalue weighted by atomic mass is 10.5. The summed E-state index contributed by atoms with van der Waals surface area (Å²) in [5.41, 5.74) is -0.481. The van der Waals surface area contributed by atoms with Crippen molar-refractivity contribution in [2.75, 3.05) is 0 Å². The highest BCUT2D eigenvalue weighted by Crippen LogP contribution is 2.02. The molecule has 0 bridgehead atoms. The van der Waals surface area contributed by atoms with Crippen LogP contribution in [0, 0.1) is 4.77 Å². The van der Waals surface area contributed by atoms with Crippen molar-refractivity contribution in [1.29, 1.82) is 0 Å². The zero-order valence-corrected chi connectivity index (χ0v) is 8.02. The Bertz CT molecular complexity index is 665. The van der Waals surface area contributed by atoms with Crippen molar-refractivity contribution in [3.8, 4) is 0 Å². The molecule has 0 atom stereocenters. The molecule has 2 aromatic rings. The highest BCUT2D eigenvalue weighted by molar-refractivity contribution is 7.71. The van der Waals surface area contributed by atoms with Gasteiger partial charge in [0.05, 0.1) is 0 Å². The van der Waals surface area contributed by atoms with E-state index in [1.165, 1.54) is 6.33 Å². The van der Waals surface area contributed by atoms with Gasteiger partial charge in [0.1, 0.15) is 6.33 Å². The van der Waals surface area contributed by atoms with Crippen molar-refractivity contribution in [3.63, 3.8) is 0 Å². The van der Waals surface area contributed by atoms with Gasteiger partial charge in [-0.15, -0.1) is 0 Å². The lowest BCUT2D eigenvalue weighted by Crippen LogP contribution is -2.22. The molecule has 15 heavy (non-hydrogen) atoms. The number of imidazole rings is 1. The number of aromatic amines is 1. The summed E-state index contributed by atoms with van der Waals surface area (Å²) >= 11 is 4.76. The lowest BCUT2D eigenvalue weighted by Gasteiger charge is -1.96. The molecule has 0 radical (unpaired) electrons. The Hall–Kier alpha value is -2.09. The van der Waals surface area contributed by atoms with Gasteiger partial charge >= 0.3 is 0 Å². The molecule has 2 rings (SSSR count). The molecule has 1 N–H and O–H groups in total. The fourth-order valence-corrected chi connectivity index (χ4v) is 1.41. The van der Waals surface area contributed by atoms with Gasteiger partial charge in [-0.3, -0.25) is 19.0 Å². The molecule has 0 aromatic carbocycles. The van der Waals surface area contributed by atoms with Crippen molar-refractivity contribution in [1.82, 2.24) is 19.1 Å². The van der Waals surface area contributed by atoms with E-state index < -0.39 is 5.56 Å². The SMILES string of the molecule is O=Cn1c(=S)[nH]c2c(ncn2C=O)c1=O. The number of carbonyl (C=O) groups excluding carboxylic acids is 2. The molecule has 8 heteroatoms. The first-order valence-corrected chi connectivity index (χ1v) is 4.22. The first kappa shape index (κ1) is 9.46. The molecular weight excluding hydrogens is 220 g/mol. The Morgan fingerprint density at radius 2 is 2.13 bits per heavy atom. The standard InChI is InChI=1S/C7H4N4O3S/c12-2-10-1-8-4-5(10)9-7(15)11(3-13)6(4)14/h1-3H,(H,9,15). The largest absolute Gasteiger partial charge is 0.316 e.